The van der Waals surface area contributed by atoms with Gasteiger partial charge in [-0.3, -0.25) is 4.79 Å². The largest absolute Gasteiger partial charge is 0.481 e. The normalized spacial score (nSPS) is 25.8. The summed E-state index contributed by atoms with van der Waals surface area (Å²) in [5.41, 5.74) is 1.68. The molecule has 1 N–H and O–H groups in total. The van der Waals surface area contributed by atoms with Gasteiger partial charge < -0.3 is 5.11 Å². The Morgan fingerprint density at radius 2 is 2.19 bits per heavy atom. The molecule has 0 heterocycles. The fourth-order valence-corrected chi connectivity index (χ4v) is 2.54. The molecule has 2 atom stereocenters. The van der Waals surface area contributed by atoms with Crippen LogP contribution in [0.1, 0.15) is 30.9 Å². The van der Waals surface area contributed by atoms with E-state index in [0.717, 1.165) is 11.1 Å². The Bertz CT molecular complexity index is 480. The van der Waals surface area contributed by atoms with Crippen molar-refractivity contribution in [3.05, 3.63) is 35.4 Å². The average molecular weight is 214 g/mol. The lowest BCUT2D eigenvalue weighted by Crippen LogP contribution is -2.03. The second kappa shape index (κ2) is 3.38. The summed E-state index contributed by atoms with van der Waals surface area (Å²) in [6.45, 7) is 3.97. The summed E-state index contributed by atoms with van der Waals surface area (Å²) in [5, 5.41) is 9.11. The van der Waals surface area contributed by atoms with E-state index in [1.165, 1.54) is 0 Å². The Balaban J connectivity index is 2.34. The van der Waals surface area contributed by atoms with E-state index in [1.54, 1.807) is 0 Å². The van der Waals surface area contributed by atoms with Crippen molar-refractivity contribution < 1.29 is 9.90 Å². The third-order valence-corrected chi connectivity index (χ3v) is 3.51. The zero-order valence-electron chi connectivity index (χ0n) is 9.40. The zero-order chi connectivity index (χ0) is 11.9. The van der Waals surface area contributed by atoms with Crippen LogP contribution in [0, 0.1) is 23.7 Å². The predicted molar refractivity (Wildman–Crippen MR) is 62.0 cm³/mol. The number of aliphatic carboxylic acids is 1. The van der Waals surface area contributed by atoms with E-state index < -0.39 is 5.97 Å². The first-order chi connectivity index (χ1) is 7.48. The van der Waals surface area contributed by atoms with E-state index in [9.17, 15) is 4.79 Å². The van der Waals surface area contributed by atoms with Gasteiger partial charge in [-0.05, 0) is 23.1 Å². The number of carbonyl (C=O) groups is 1. The number of terminal acetylenes is 1. The molecule has 0 spiro atoms. The fraction of sp³-hybridized carbons (Fsp3) is 0.357. The number of hydrogen-bond donors (Lipinski definition) is 1. The number of carboxylic acids is 1. The number of hydrogen-bond acceptors (Lipinski definition) is 1. The minimum absolute atomic E-state index is 0.0818. The van der Waals surface area contributed by atoms with Crippen LogP contribution in [0.5, 0.6) is 0 Å². The summed E-state index contributed by atoms with van der Waals surface area (Å²) in [7, 11) is 0. The van der Waals surface area contributed by atoms with E-state index in [2.05, 4.69) is 5.92 Å². The standard InChI is InChI=1S/C14H14O2/c1-4-9-6-5-7-10(8-9)11-12(13(15)16)14(11,2)3/h1,5-8,11-12H,2-3H3,(H,15,16). The summed E-state index contributed by atoms with van der Waals surface area (Å²) in [5.74, 6) is 1.64. The minimum atomic E-state index is -0.721. The molecule has 2 heteroatoms. The third-order valence-electron chi connectivity index (χ3n) is 3.51. The zero-order valence-corrected chi connectivity index (χ0v) is 9.40. The van der Waals surface area contributed by atoms with Gasteiger partial charge in [0.15, 0.2) is 0 Å². The molecular formula is C14H14O2. The average Bonchev–Trinajstić information content (AvgIpc) is 2.82. The third kappa shape index (κ3) is 1.49. The van der Waals surface area contributed by atoms with Crippen LogP contribution in [-0.2, 0) is 4.79 Å². The second-order valence-electron chi connectivity index (χ2n) is 4.88. The highest BCUT2D eigenvalue weighted by Gasteiger charge is 2.62. The van der Waals surface area contributed by atoms with E-state index in [0.29, 0.717) is 0 Å². The first-order valence-corrected chi connectivity index (χ1v) is 5.28. The monoisotopic (exact) mass is 214 g/mol. The molecule has 1 aromatic rings. The summed E-state index contributed by atoms with van der Waals surface area (Å²) in [6, 6.07) is 7.61. The van der Waals surface area contributed by atoms with Crippen LogP contribution in [0.3, 0.4) is 0 Å². The molecular weight excluding hydrogens is 200 g/mol. The maximum atomic E-state index is 11.1. The molecule has 1 aliphatic carbocycles. The van der Waals surface area contributed by atoms with Crippen molar-refractivity contribution in [3.8, 4) is 12.3 Å². The minimum Gasteiger partial charge on any atom is -0.481 e. The highest BCUT2D eigenvalue weighted by atomic mass is 16.4. The van der Waals surface area contributed by atoms with Crippen molar-refractivity contribution in [1.29, 1.82) is 0 Å². The van der Waals surface area contributed by atoms with Crippen LogP contribution >= 0.6 is 0 Å². The molecule has 0 aromatic heterocycles. The number of carboxylic acid groups (broad SMARTS) is 1. The Labute approximate surface area is 95.3 Å². The van der Waals surface area contributed by atoms with Gasteiger partial charge in [-0.2, -0.15) is 0 Å². The summed E-state index contributed by atoms with van der Waals surface area (Å²) in [4.78, 5) is 11.1. The lowest BCUT2D eigenvalue weighted by atomic mass is 10.0. The van der Waals surface area contributed by atoms with Crippen LogP contribution in [0.15, 0.2) is 24.3 Å². The van der Waals surface area contributed by atoms with Gasteiger partial charge in [-0.1, -0.05) is 31.9 Å². The molecule has 0 bridgehead atoms. The molecule has 16 heavy (non-hydrogen) atoms. The molecule has 0 amide bonds. The Hall–Kier alpha value is -1.75. The van der Waals surface area contributed by atoms with Gasteiger partial charge in [0.2, 0.25) is 0 Å². The van der Waals surface area contributed by atoms with Gasteiger partial charge in [-0.25, -0.2) is 0 Å². The molecule has 0 saturated heterocycles. The number of rotatable bonds is 2. The lowest BCUT2D eigenvalue weighted by Gasteiger charge is -2.03. The summed E-state index contributed by atoms with van der Waals surface area (Å²) in [6.07, 6.45) is 5.33. The van der Waals surface area contributed by atoms with E-state index in [4.69, 9.17) is 11.5 Å². The fourth-order valence-electron chi connectivity index (χ4n) is 2.54. The van der Waals surface area contributed by atoms with Crippen molar-refractivity contribution in [2.75, 3.05) is 0 Å². The Morgan fingerprint density at radius 3 is 2.69 bits per heavy atom. The molecule has 1 fully saturated rings. The smallest absolute Gasteiger partial charge is 0.307 e. The van der Waals surface area contributed by atoms with Crippen LogP contribution in [0.4, 0.5) is 0 Å². The summed E-state index contributed by atoms with van der Waals surface area (Å²) >= 11 is 0. The first kappa shape index (κ1) is 10.8. The predicted octanol–water partition coefficient (Wildman–Crippen LogP) is 2.49. The van der Waals surface area contributed by atoms with Crippen molar-refractivity contribution >= 4 is 5.97 Å². The maximum Gasteiger partial charge on any atom is 0.307 e. The highest BCUT2D eigenvalue weighted by Crippen LogP contribution is 2.64. The Kier molecular flexibility index (Phi) is 2.27. The molecule has 0 radical (unpaired) electrons. The van der Waals surface area contributed by atoms with Gasteiger partial charge in [0, 0.05) is 11.5 Å². The van der Waals surface area contributed by atoms with Gasteiger partial charge >= 0.3 is 5.97 Å². The van der Waals surface area contributed by atoms with E-state index >= 15 is 0 Å². The van der Waals surface area contributed by atoms with Crippen LogP contribution in [-0.4, -0.2) is 11.1 Å². The van der Waals surface area contributed by atoms with Gasteiger partial charge in [-0.15, -0.1) is 6.42 Å². The molecule has 1 saturated carbocycles. The van der Waals surface area contributed by atoms with Crippen LogP contribution < -0.4 is 0 Å². The topological polar surface area (TPSA) is 37.3 Å². The van der Waals surface area contributed by atoms with Crippen molar-refractivity contribution in [1.82, 2.24) is 0 Å². The van der Waals surface area contributed by atoms with Crippen LogP contribution in [0.2, 0.25) is 0 Å². The van der Waals surface area contributed by atoms with Gasteiger partial charge in [0.1, 0.15) is 0 Å². The quantitative estimate of drug-likeness (QED) is 0.768. The molecule has 2 unspecified atom stereocenters. The highest BCUT2D eigenvalue weighted by molar-refractivity contribution is 5.77. The maximum absolute atomic E-state index is 11.1. The van der Waals surface area contributed by atoms with Crippen molar-refractivity contribution in [3.63, 3.8) is 0 Å². The van der Waals surface area contributed by atoms with Crippen molar-refractivity contribution in [2.24, 2.45) is 11.3 Å². The van der Waals surface area contributed by atoms with Gasteiger partial charge in [0.25, 0.3) is 0 Å². The molecule has 2 nitrogen and oxygen atoms in total. The van der Waals surface area contributed by atoms with Crippen LogP contribution in [0.25, 0.3) is 0 Å². The second-order valence-corrected chi connectivity index (χ2v) is 4.88. The summed E-state index contributed by atoms with van der Waals surface area (Å²) < 4.78 is 0. The van der Waals surface area contributed by atoms with E-state index in [1.807, 2.05) is 38.1 Å². The molecule has 1 aliphatic rings. The molecule has 0 aliphatic heterocycles. The van der Waals surface area contributed by atoms with Gasteiger partial charge in [0.05, 0.1) is 5.92 Å². The molecule has 2 rings (SSSR count). The molecule has 1 aromatic carbocycles. The van der Waals surface area contributed by atoms with E-state index in [-0.39, 0.29) is 17.3 Å². The Morgan fingerprint density at radius 1 is 1.50 bits per heavy atom. The lowest BCUT2D eigenvalue weighted by molar-refractivity contribution is -0.139. The first-order valence-electron chi connectivity index (χ1n) is 5.28. The van der Waals surface area contributed by atoms with Crippen molar-refractivity contribution in [2.45, 2.75) is 19.8 Å². The SMILES string of the molecule is C#Cc1cccc(C2C(C(=O)O)C2(C)C)c1. The molecule has 82 valence electrons. The number of benzene rings is 1.